The van der Waals surface area contributed by atoms with Crippen molar-refractivity contribution in [1.82, 2.24) is 9.47 Å². The summed E-state index contributed by atoms with van der Waals surface area (Å²) in [4.78, 5) is 13.8. The van der Waals surface area contributed by atoms with Crippen LogP contribution in [0.25, 0.3) is 10.9 Å². The monoisotopic (exact) mass is 258 g/mol. The second-order valence-electron chi connectivity index (χ2n) is 5.11. The molecule has 0 saturated heterocycles. The molecular formula is C15H18N2O2. The molecule has 1 aliphatic rings. The number of hydrogen-bond donors (Lipinski definition) is 1. The summed E-state index contributed by atoms with van der Waals surface area (Å²) >= 11 is 0. The summed E-state index contributed by atoms with van der Waals surface area (Å²) < 4.78 is 2.07. The first-order valence-electron chi connectivity index (χ1n) is 6.68. The first-order chi connectivity index (χ1) is 9.13. The normalized spacial score (nSPS) is 15.7. The summed E-state index contributed by atoms with van der Waals surface area (Å²) in [5.41, 5.74) is 3.84. The number of hydrogen-bond acceptors (Lipinski definition) is 2. The van der Waals surface area contributed by atoms with Crippen LogP contribution in [0.15, 0.2) is 18.2 Å². The number of rotatable bonds is 2. The lowest BCUT2D eigenvalue weighted by molar-refractivity contribution is 0.0698. The van der Waals surface area contributed by atoms with Gasteiger partial charge in [0.1, 0.15) is 0 Å². The second kappa shape index (κ2) is 4.38. The Morgan fingerprint density at radius 3 is 2.89 bits per heavy atom. The predicted molar refractivity (Wildman–Crippen MR) is 74.5 cm³/mol. The molecule has 1 N–H and O–H groups in total. The Morgan fingerprint density at radius 1 is 1.42 bits per heavy atom. The average Bonchev–Trinajstić information content (AvgIpc) is 2.72. The van der Waals surface area contributed by atoms with E-state index in [4.69, 9.17) is 0 Å². The van der Waals surface area contributed by atoms with Gasteiger partial charge in [-0.3, -0.25) is 4.90 Å². The molecule has 100 valence electrons. The van der Waals surface area contributed by atoms with Gasteiger partial charge in [0.25, 0.3) is 0 Å². The Morgan fingerprint density at radius 2 is 2.21 bits per heavy atom. The van der Waals surface area contributed by atoms with Crippen molar-refractivity contribution in [3.63, 3.8) is 0 Å². The summed E-state index contributed by atoms with van der Waals surface area (Å²) in [7, 11) is 1.98. The highest BCUT2D eigenvalue weighted by Crippen LogP contribution is 2.31. The second-order valence-corrected chi connectivity index (χ2v) is 5.11. The van der Waals surface area contributed by atoms with Gasteiger partial charge in [0.05, 0.1) is 11.1 Å². The molecule has 0 aliphatic carbocycles. The van der Waals surface area contributed by atoms with Gasteiger partial charge in [0.2, 0.25) is 0 Å². The summed E-state index contributed by atoms with van der Waals surface area (Å²) in [6.45, 7) is 5.18. The zero-order valence-electron chi connectivity index (χ0n) is 11.3. The first-order valence-corrected chi connectivity index (χ1v) is 6.68. The minimum absolute atomic E-state index is 0.400. The van der Waals surface area contributed by atoms with Crippen molar-refractivity contribution < 1.29 is 9.90 Å². The zero-order valence-corrected chi connectivity index (χ0v) is 11.3. The van der Waals surface area contributed by atoms with E-state index in [1.54, 1.807) is 6.07 Å². The molecule has 1 aliphatic heterocycles. The minimum atomic E-state index is -0.851. The summed E-state index contributed by atoms with van der Waals surface area (Å²) in [6.07, 6.45) is 0.993. The van der Waals surface area contributed by atoms with Crippen LogP contribution >= 0.6 is 0 Å². The standard InChI is InChI=1S/C15H18N2O2/c1-3-17-8-7-13-12(9-17)10-5-4-6-11(15(18)19)14(10)16(13)2/h4-6H,3,7-9H2,1-2H3,(H,18,19). The lowest BCUT2D eigenvalue weighted by Crippen LogP contribution is -2.30. The molecule has 2 aromatic rings. The molecule has 0 unspecified atom stereocenters. The number of benzene rings is 1. The third-order valence-corrected chi connectivity index (χ3v) is 4.17. The molecule has 1 aromatic heterocycles. The Kier molecular flexibility index (Phi) is 2.82. The van der Waals surface area contributed by atoms with E-state index in [1.807, 2.05) is 19.2 Å². The van der Waals surface area contributed by atoms with Crippen LogP contribution in [0.1, 0.15) is 28.5 Å². The third-order valence-electron chi connectivity index (χ3n) is 4.17. The average molecular weight is 258 g/mol. The van der Waals surface area contributed by atoms with E-state index in [2.05, 4.69) is 16.4 Å². The Labute approximate surface area is 112 Å². The number of carboxylic acid groups (broad SMARTS) is 1. The molecule has 2 heterocycles. The van der Waals surface area contributed by atoms with Gasteiger partial charge in [0.15, 0.2) is 0 Å². The lowest BCUT2D eigenvalue weighted by atomic mass is 10.0. The first kappa shape index (κ1) is 12.2. The topological polar surface area (TPSA) is 45.5 Å². The zero-order chi connectivity index (χ0) is 13.6. The van der Waals surface area contributed by atoms with Gasteiger partial charge in [-0.25, -0.2) is 4.79 Å². The van der Waals surface area contributed by atoms with E-state index in [1.165, 1.54) is 11.3 Å². The van der Waals surface area contributed by atoms with Crippen LogP contribution in [0, 0.1) is 0 Å². The Hall–Kier alpha value is -1.81. The summed E-state index contributed by atoms with van der Waals surface area (Å²) in [5.74, 6) is -0.851. The largest absolute Gasteiger partial charge is 0.478 e. The number of para-hydroxylation sites is 1. The van der Waals surface area contributed by atoms with Crippen LogP contribution in [0.3, 0.4) is 0 Å². The molecule has 4 heteroatoms. The number of likely N-dealkylation sites (N-methyl/N-ethyl adjacent to an activating group) is 1. The molecule has 0 saturated carbocycles. The number of nitrogens with zero attached hydrogens (tertiary/aromatic N) is 2. The van der Waals surface area contributed by atoms with Crippen molar-refractivity contribution >= 4 is 16.9 Å². The van der Waals surface area contributed by atoms with Crippen LogP contribution in [0.4, 0.5) is 0 Å². The molecular weight excluding hydrogens is 240 g/mol. The molecule has 0 amide bonds. The van der Waals surface area contributed by atoms with Crippen LogP contribution in [-0.4, -0.2) is 33.6 Å². The van der Waals surface area contributed by atoms with Gasteiger partial charge in [-0.1, -0.05) is 19.1 Å². The molecule has 0 fully saturated rings. The van der Waals surface area contributed by atoms with Crippen molar-refractivity contribution in [2.45, 2.75) is 19.9 Å². The van der Waals surface area contributed by atoms with E-state index in [-0.39, 0.29) is 0 Å². The van der Waals surface area contributed by atoms with E-state index in [9.17, 15) is 9.90 Å². The van der Waals surface area contributed by atoms with Crippen LogP contribution < -0.4 is 0 Å². The molecule has 3 rings (SSSR count). The Bertz CT molecular complexity index is 658. The van der Waals surface area contributed by atoms with Gasteiger partial charge in [-0.2, -0.15) is 0 Å². The maximum absolute atomic E-state index is 11.4. The molecule has 0 spiro atoms. The van der Waals surface area contributed by atoms with E-state index in [0.717, 1.165) is 37.0 Å². The van der Waals surface area contributed by atoms with Crippen molar-refractivity contribution in [1.29, 1.82) is 0 Å². The number of carboxylic acids is 1. The van der Waals surface area contributed by atoms with E-state index in [0.29, 0.717) is 5.56 Å². The van der Waals surface area contributed by atoms with Crippen molar-refractivity contribution in [2.24, 2.45) is 7.05 Å². The van der Waals surface area contributed by atoms with Crippen molar-refractivity contribution in [2.75, 3.05) is 13.1 Å². The number of fused-ring (bicyclic) bond motifs is 3. The fraction of sp³-hybridized carbons (Fsp3) is 0.400. The van der Waals surface area contributed by atoms with Gasteiger partial charge < -0.3 is 9.67 Å². The van der Waals surface area contributed by atoms with Gasteiger partial charge in [-0.05, 0) is 18.2 Å². The van der Waals surface area contributed by atoms with Crippen molar-refractivity contribution in [3.05, 3.63) is 35.0 Å². The SMILES string of the molecule is CCN1CCc2c(c3cccc(C(=O)O)c3n2C)C1. The predicted octanol–water partition coefficient (Wildman–Crippen LogP) is 2.25. The highest BCUT2D eigenvalue weighted by molar-refractivity contribution is 6.03. The van der Waals surface area contributed by atoms with Crippen LogP contribution in [0.5, 0.6) is 0 Å². The Balaban J connectivity index is 2.28. The van der Waals surface area contributed by atoms with E-state index >= 15 is 0 Å². The lowest BCUT2D eigenvalue weighted by Gasteiger charge is -2.26. The molecule has 19 heavy (non-hydrogen) atoms. The smallest absolute Gasteiger partial charge is 0.337 e. The van der Waals surface area contributed by atoms with E-state index < -0.39 is 5.97 Å². The molecule has 0 radical (unpaired) electrons. The molecule has 0 bridgehead atoms. The van der Waals surface area contributed by atoms with Gasteiger partial charge >= 0.3 is 5.97 Å². The van der Waals surface area contributed by atoms with Crippen LogP contribution in [-0.2, 0) is 20.0 Å². The maximum Gasteiger partial charge on any atom is 0.337 e. The fourth-order valence-corrected chi connectivity index (χ4v) is 3.15. The highest BCUT2D eigenvalue weighted by atomic mass is 16.4. The van der Waals surface area contributed by atoms with Crippen molar-refractivity contribution in [3.8, 4) is 0 Å². The number of carbonyl (C=O) groups is 1. The van der Waals surface area contributed by atoms with Gasteiger partial charge in [0, 0.05) is 37.6 Å². The van der Waals surface area contributed by atoms with Crippen LogP contribution in [0.2, 0.25) is 0 Å². The minimum Gasteiger partial charge on any atom is -0.478 e. The highest BCUT2D eigenvalue weighted by Gasteiger charge is 2.24. The third kappa shape index (κ3) is 1.75. The molecule has 4 nitrogen and oxygen atoms in total. The number of aromatic nitrogens is 1. The van der Waals surface area contributed by atoms with Gasteiger partial charge in [-0.15, -0.1) is 0 Å². The quantitative estimate of drug-likeness (QED) is 0.898. The number of aryl methyl sites for hydroxylation is 1. The molecule has 0 atom stereocenters. The fourth-order valence-electron chi connectivity index (χ4n) is 3.15. The summed E-state index contributed by atoms with van der Waals surface area (Å²) in [6, 6.07) is 5.57. The summed E-state index contributed by atoms with van der Waals surface area (Å²) in [5, 5.41) is 10.4. The number of aromatic carboxylic acids is 1. The molecule has 1 aromatic carbocycles. The maximum atomic E-state index is 11.4.